The molecule has 1 aliphatic rings. The van der Waals surface area contributed by atoms with E-state index in [0.717, 1.165) is 67.0 Å². The summed E-state index contributed by atoms with van der Waals surface area (Å²) in [5.41, 5.74) is 4.50. The first kappa shape index (κ1) is 20.9. The van der Waals surface area contributed by atoms with Crippen LogP contribution in [0.2, 0.25) is 5.02 Å². The van der Waals surface area contributed by atoms with E-state index in [0.29, 0.717) is 0 Å². The molecule has 3 aromatic rings. The first-order valence-electron chi connectivity index (χ1n) is 10.2. The van der Waals surface area contributed by atoms with Gasteiger partial charge in [0.2, 0.25) is 0 Å². The van der Waals surface area contributed by atoms with Crippen molar-refractivity contribution in [2.75, 3.05) is 40.0 Å². The third-order valence-corrected chi connectivity index (χ3v) is 5.74. The highest BCUT2D eigenvalue weighted by atomic mass is 35.5. The van der Waals surface area contributed by atoms with Crippen molar-refractivity contribution >= 4 is 11.6 Å². The van der Waals surface area contributed by atoms with Gasteiger partial charge >= 0.3 is 0 Å². The van der Waals surface area contributed by atoms with Gasteiger partial charge in [0, 0.05) is 42.8 Å². The molecule has 1 atom stereocenters. The van der Waals surface area contributed by atoms with Gasteiger partial charge in [0.05, 0.1) is 32.2 Å². The van der Waals surface area contributed by atoms with Gasteiger partial charge in [-0.3, -0.25) is 10.00 Å². The summed E-state index contributed by atoms with van der Waals surface area (Å²) < 4.78 is 10.9. The molecule has 0 spiro atoms. The molecule has 0 amide bonds. The van der Waals surface area contributed by atoms with Crippen LogP contribution in [0.3, 0.4) is 0 Å². The Balaban J connectivity index is 1.45. The second-order valence-corrected chi connectivity index (χ2v) is 7.78. The van der Waals surface area contributed by atoms with Crippen molar-refractivity contribution < 1.29 is 9.47 Å². The Hall–Kier alpha value is -2.38. The summed E-state index contributed by atoms with van der Waals surface area (Å²) >= 11 is 6.02. The molecule has 0 bridgehead atoms. The number of nitrogens with zero attached hydrogens (tertiary/aromatic N) is 2. The minimum Gasteiger partial charge on any atom is -0.497 e. The third kappa shape index (κ3) is 5.02. The molecule has 30 heavy (non-hydrogen) atoms. The number of hydrogen-bond donors (Lipinski definition) is 2. The Bertz CT molecular complexity index is 921. The Kier molecular flexibility index (Phi) is 7.02. The fourth-order valence-electron chi connectivity index (χ4n) is 3.83. The molecule has 6 nitrogen and oxygen atoms in total. The Labute approximate surface area is 182 Å². The van der Waals surface area contributed by atoms with Crippen LogP contribution in [-0.4, -0.2) is 55.1 Å². The minimum atomic E-state index is 0.269. The summed E-state index contributed by atoms with van der Waals surface area (Å²) in [5, 5.41) is 11.7. The number of halogens is 1. The van der Waals surface area contributed by atoms with Crippen LogP contribution >= 0.6 is 11.6 Å². The van der Waals surface area contributed by atoms with Crippen LogP contribution < -0.4 is 10.1 Å². The van der Waals surface area contributed by atoms with Gasteiger partial charge < -0.3 is 14.8 Å². The minimum absolute atomic E-state index is 0.269. The van der Waals surface area contributed by atoms with E-state index in [1.165, 1.54) is 5.56 Å². The van der Waals surface area contributed by atoms with E-state index in [2.05, 4.69) is 32.5 Å². The molecule has 7 heteroatoms. The SMILES string of the molecule is COc1ccc([C@@H](CNCc2cn[nH]c2-c2ccc(Cl)cc2)N2CCOCC2)cc1. The van der Waals surface area contributed by atoms with Crippen molar-refractivity contribution in [3.8, 4) is 17.0 Å². The number of methoxy groups -OCH3 is 1. The lowest BCUT2D eigenvalue weighted by Crippen LogP contribution is -2.42. The number of H-pyrrole nitrogens is 1. The van der Waals surface area contributed by atoms with Crippen LogP contribution in [0.4, 0.5) is 0 Å². The summed E-state index contributed by atoms with van der Waals surface area (Å²) in [5.74, 6) is 0.874. The lowest BCUT2D eigenvalue weighted by atomic mass is 10.0. The monoisotopic (exact) mass is 426 g/mol. The maximum atomic E-state index is 6.02. The number of morpholine rings is 1. The predicted octanol–water partition coefficient (Wildman–Crippen LogP) is 3.90. The number of rotatable bonds is 8. The molecule has 1 fully saturated rings. The van der Waals surface area contributed by atoms with E-state index in [1.807, 2.05) is 42.6 Å². The van der Waals surface area contributed by atoms with Crippen molar-refractivity contribution in [2.45, 2.75) is 12.6 Å². The second kappa shape index (κ2) is 10.1. The molecule has 1 saturated heterocycles. The highest BCUT2D eigenvalue weighted by Gasteiger charge is 2.22. The average Bonchev–Trinajstić information content (AvgIpc) is 3.26. The number of aromatic nitrogens is 2. The number of benzene rings is 2. The zero-order chi connectivity index (χ0) is 20.8. The Morgan fingerprint density at radius 3 is 2.57 bits per heavy atom. The molecule has 0 saturated carbocycles. The van der Waals surface area contributed by atoms with Crippen LogP contribution in [0.1, 0.15) is 17.2 Å². The first-order valence-corrected chi connectivity index (χ1v) is 10.6. The Morgan fingerprint density at radius 1 is 1.13 bits per heavy atom. The van der Waals surface area contributed by atoms with E-state index in [-0.39, 0.29) is 6.04 Å². The van der Waals surface area contributed by atoms with Crippen molar-refractivity contribution in [1.29, 1.82) is 0 Å². The summed E-state index contributed by atoms with van der Waals surface area (Å²) in [7, 11) is 1.69. The van der Waals surface area contributed by atoms with Crippen molar-refractivity contribution in [2.24, 2.45) is 0 Å². The fourth-order valence-corrected chi connectivity index (χ4v) is 3.95. The fraction of sp³-hybridized carbons (Fsp3) is 0.348. The summed E-state index contributed by atoms with van der Waals surface area (Å²) in [4.78, 5) is 2.48. The molecular weight excluding hydrogens is 400 g/mol. The van der Waals surface area contributed by atoms with Gasteiger partial charge in [0.15, 0.2) is 0 Å². The first-order chi connectivity index (χ1) is 14.7. The quantitative estimate of drug-likeness (QED) is 0.572. The number of hydrogen-bond acceptors (Lipinski definition) is 5. The van der Waals surface area contributed by atoms with Crippen LogP contribution in [0.25, 0.3) is 11.3 Å². The highest BCUT2D eigenvalue weighted by molar-refractivity contribution is 6.30. The average molecular weight is 427 g/mol. The number of aromatic amines is 1. The third-order valence-electron chi connectivity index (χ3n) is 5.49. The van der Waals surface area contributed by atoms with Crippen molar-refractivity contribution in [3.05, 3.63) is 70.9 Å². The number of nitrogens with one attached hydrogen (secondary N) is 2. The largest absolute Gasteiger partial charge is 0.497 e. The highest BCUT2D eigenvalue weighted by Crippen LogP contribution is 2.25. The van der Waals surface area contributed by atoms with E-state index in [9.17, 15) is 0 Å². The van der Waals surface area contributed by atoms with Crippen LogP contribution in [0, 0.1) is 0 Å². The van der Waals surface area contributed by atoms with Gasteiger partial charge in [-0.05, 0) is 35.4 Å². The van der Waals surface area contributed by atoms with Gasteiger partial charge in [-0.25, -0.2) is 0 Å². The van der Waals surface area contributed by atoms with E-state index in [4.69, 9.17) is 21.1 Å². The molecule has 158 valence electrons. The van der Waals surface area contributed by atoms with Gasteiger partial charge in [-0.1, -0.05) is 35.9 Å². The smallest absolute Gasteiger partial charge is 0.118 e. The standard InChI is InChI=1S/C23H27ClN4O2/c1-29-21-8-4-17(5-9-21)22(28-10-12-30-13-11-28)16-25-14-19-15-26-27-23(19)18-2-6-20(24)7-3-18/h2-9,15,22,25H,10-14,16H2,1H3,(H,26,27)/t22-/m1/s1. The van der Waals surface area contributed by atoms with Crippen molar-refractivity contribution in [1.82, 2.24) is 20.4 Å². The second-order valence-electron chi connectivity index (χ2n) is 7.35. The molecule has 0 unspecified atom stereocenters. The van der Waals surface area contributed by atoms with E-state index < -0.39 is 0 Å². The maximum Gasteiger partial charge on any atom is 0.118 e. The Morgan fingerprint density at radius 2 is 1.87 bits per heavy atom. The van der Waals surface area contributed by atoms with Gasteiger partial charge in [0.1, 0.15) is 5.75 Å². The molecule has 1 aromatic heterocycles. The topological polar surface area (TPSA) is 62.4 Å². The van der Waals surface area contributed by atoms with Crippen LogP contribution in [0.5, 0.6) is 5.75 Å². The molecular formula is C23H27ClN4O2. The van der Waals surface area contributed by atoms with E-state index >= 15 is 0 Å². The summed E-state index contributed by atoms with van der Waals surface area (Å²) in [6, 6.07) is 16.4. The van der Waals surface area contributed by atoms with Crippen molar-refractivity contribution in [3.63, 3.8) is 0 Å². The molecule has 2 N–H and O–H groups in total. The van der Waals surface area contributed by atoms with E-state index in [1.54, 1.807) is 7.11 Å². The van der Waals surface area contributed by atoms with Gasteiger partial charge in [-0.2, -0.15) is 5.10 Å². The lowest BCUT2D eigenvalue weighted by molar-refractivity contribution is 0.0161. The molecule has 0 radical (unpaired) electrons. The van der Waals surface area contributed by atoms with Crippen LogP contribution in [0.15, 0.2) is 54.7 Å². The number of ether oxygens (including phenoxy) is 2. The summed E-state index contributed by atoms with van der Waals surface area (Å²) in [6.07, 6.45) is 1.88. The van der Waals surface area contributed by atoms with Gasteiger partial charge in [-0.15, -0.1) is 0 Å². The van der Waals surface area contributed by atoms with Gasteiger partial charge in [0.25, 0.3) is 0 Å². The predicted molar refractivity (Wildman–Crippen MR) is 119 cm³/mol. The molecule has 0 aliphatic carbocycles. The normalized spacial score (nSPS) is 15.8. The maximum absolute atomic E-state index is 6.02. The molecule has 4 rings (SSSR count). The van der Waals surface area contributed by atoms with Crippen LogP contribution in [-0.2, 0) is 11.3 Å². The summed E-state index contributed by atoms with van der Waals surface area (Å²) in [6.45, 7) is 4.97. The molecule has 1 aliphatic heterocycles. The molecule has 2 aromatic carbocycles. The zero-order valence-electron chi connectivity index (χ0n) is 17.1. The molecule has 2 heterocycles. The lowest BCUT2D eigenvalue weighted by Gasteiger charge is -2.35. The zero-order valence-corrected chi connectivity index (χ0v) is 17.9.